The molecule has 2 nitrogen and oxygen atoms in total. The summed E-state index contributed by atoms with van der Waals surface area (Å²) in [5, 5.41) is 9.53. The zero-order valence-corrected chi connectivity index (χ0v) is 9.56. The van der Waals surface area contributed by atoms with Crippen molar-refractivity contribution in [2.24, 2.45) is 17.1 Å². The van der Waals surface area contributed by atoms with Gasteiger partial charge in [-0.15, -0.1) is 0 Å². The lowest BCUT2D eigenvalue weighted by atomic mass is 9.65. The van der Waals surface area contributed by atoms with Crippen molar-refractivity contribution in [3.63, 3.8) is 0 Å². The highest BCUT2D eigenvalue weighted by molar-refractivity contribution is 7.99. The molecule has 2 aliphatic rings. The largest absolute Gasteiger partial charge is 0.393 e. The lowest BCUT2D eigenvalue weighted by Gasteiger charge is -2.42. The average molecular weight is 215 g/mol. The number of nitrogens with two attached hydrogens (primary N) is 1. The monoisotopic (exact) mass is 215 g/mol. The van der Waals surface area contributed by atoms with E-state index in [9.17, 15) is 5.11 Å². The smallest absolute Gasteiger partial charge is 0.0540 e. The van der Waals surface area contributed by atoms with Gasteiger partial charge in [-0.25, -0.2) is 0 Å². The van der Waals surface area contributed by atoms with Crippen molar-refractivity contribution in [1.29, 1.82) is 0 Å². The maximum Gasteiger partial charge on any atom is 0.0540 e. The van der Waals surface area contributed by atoms with Crippen LogP contribution in [0.25, 0.3) is 0 Å². The predicted octanol–water partition coefficient (Wildman–Crippen LogP) is 1.62. The number of thioether (sulfide) groups is 1. The average Bonchev–Trinajstić information content (AvgIpc) is 2.73. The summed E-state index contributed by atoms with van der Waals surface area (Å²) in [7, 11) is 0. The van der Waals surface area contributed by atoms with Gasteiger partial charge in [0.2, 0.25) is 0 Å². The molecule has 1 atom stereocenters. The Bertz CT molecular complexity index is 184. The van der Waals surface area contributed by atoms with Crippen LogP contribution in [0, 0.1) is 11.3 Å². The van der Waals surface area contributed by atoms with E-state index in [1.54, 1.807) is 0 Å². The van der Waals surface area contributed by atoms with Crippen LogP contribution in [0.5, 0.6) is 0 Å². The first-order valence-corrected chi connectivity index (χ1v) is 6.88. The van der Waals surface area contributed by atoms with Gasteiger partial charge >= 0.3 is 0 Å². The molecule has 1 heterocycles. The molecule has 0 spiro atoms. The highest BCUT2D eigenvalue weighted by Crippen LogP contribution is 2.47. The highest BCUT2D eigenvalue weighted by atomic mass is 32.2. The first-order chi connectivity index (χ1) is 6.77. The van der Waals surface area contributed by atoms with E-state index in [1.807, 2.05) is 0 Å². The molecule has 1 unspecified atom stereocenters. The van der Waals surface area contributed by atoms with Crippen molar-refractivity contribution >= 4 is 11.8 Å². The minimum absolute atomic E-state index is 0.0521. The fourth-order valence-electron chi connectivity index (χ4n) is 2.97. The molecule has 0 aromatic carbocycles. The first-order valence-electron chi connectivity index (χ1n) is 5.73. The number of aliphatic hydroxyl groups is 1. The molecule has 1 saturated carbocycles. The van der Waals surface area contributed by atoms with E-state index in [-0.39, 0.29) is 6.10 Å². The fraction of sp³-hybridized carbons (Fsp3) is 1.00. The molecule has 3 N–H and O–H groups in total. The zero-order valence-electron chi connectivity index (χ0n) is 8.74. The summed E-state index contributed by atoms with van der Waals surface area (Å²) in [6.45, 7) is 0.824. The Balaban J connectivity index is 2.01. The Hall–Kier alpha value is 0.270. The minimum Gasteiger partial charge on any atom is -0.393 e. The summed E-state index contributed by atoms with van der Waals surface area (Å²) in [4.78, 5) is 0. The van der Waals surface area contributed by atoms with Crippen LogP contribution in [0.1, 0.15) is 32.1 Å². The van der Waals surface area contributed by atoms with Crippen LogP contribution in [-0.4, -0.2) is 29.3 Å². The molecule has 0 aromatic heterocycles. The summed E-state index contributed by atoms with van der Waals surface area (Å²) < 4.78 is 0. The molecule has 0 aromatic rings. The van der Waals surface area contributed by atoms with Crippen molar-refractivity contribution in [2.45, 2.75) is 38.2 Å². The maximum atomic E-state index is 9.53. The second-order valence-corrected chi connectivity index (χ2v) is 6.01. The van der Waals surface area contributed by atoms with Gasteiger partial charge in [-0.2, -0.15) is 11.8 Å². The molecule has 1 saturated heterocycles. The standard InChI is InChI=1S/C11H21NOS/c12-8-11(9-3-6-14-7-9)4-1-10(13)2-5-11/h9-10,13H,1-8,12H2. The van der Waals surface area contributed by atoms with Gasteiger partial charge in [0.15, 0.2) is 0 Å². The van der Waals surface area contributed by atoms with E-state index < -0.39 is 0 Å². The summed E-state index contributed by atoms with van der Waals surface area (Å²) in [6, 6.07) is 0. The van der Waals surface area contributed by atoms with Gasteiger partial charge in [0.05, 0.1) is 6.10 Å². The molecule has 0 bridgehead atoms. The van der Waals surface area contributed by atoms with Gasteiger partial charge in [0, 0.05) is 0 Å². The molecule has 82 valence electrons. The summed E-state index contributed by atoms with van der Waals surface area (Å²) in [6.07, 6.45) is 5.53. The molecular weight excluding hydrogens is 194 g/mol. The summed E-state index contributed by atoms with van der Waals surface area (Å²) in [5.41, 5.74) is 6.35. The Morgan fingerprint density at radius 3 is 2.50 bits per heavy atom. The molecule has 2 fully saturated rings. The van der Waals surface area contributed by atoms with E-state index in [1.165, 1.54) is 17.9 Å². The highest BCUT2D eigenvalue weighted by Gasteiger charge is 2.41. The van der Waals surface area contributed by atoms with Crippen LogP contribution in [0.15, 0.2) is 0 Å². The van der Waals surface area contributed by atoms with Crippen LogP contribution >= 0.6 is 11.8 Å². The minimum atomic E-state index is -0.0521. The van der Waals surface area contributed by atoms with Crippen LogP contribution < -0.4 is 5.73 Å². The molecule has 0 radical (unpaired) electrons. The Kier molecular flexibility index (Phi) is 3.40. The topological polar surface area (TPSA) is 46.2 Å². The number of rotatable bonds is 2. The van der Waals surface area contributed by atoms with Crippen LogP contribution in [0.4, 0.5) is 0 Å². The van der Waals surface area contributed by atoms with E-state index in [0.717, 1.165) is 38.1 Å². The third-order valence-corrected chi connectivity index (χ3v) is 5.32. The molecule has 1 aliphatic carbocycles. The van der Waals surface area contributed by atoms with E-state index in [2.05, 4.69) is 11.8 Å². The van der Waals surface area contributed by atoms with Crippen molar-refractivity contribution in [2.75, 3.05) is 18.1 Å². The molecule has 14 heavy (non-hydrogen) atoms. The van der Waals surface area contributed by atoms with Gasteiger partial charge in [0.25, 0.3) is 0 Å². The Morgan fingerprint density at radius 2 is 2.00 bits per heavy atom. The lowest BCUT2D eigenvalue weighted by molar-refractivity contribution is 0.0372. The van der Waals surface area contributed by atoms with Crippen molar-refractivity contribution in [3.05, 3.63) is 0 Å². The number of hydrogen-bond donors (Lipinski definition) is 2. The molecular formula is C11H21NOS. The van der Waals surface area contributed by atoms with Crippen LogP contribution in [0.3, 0.4) is 0 Å². The van der Waals surface area contributed by atoms with Crippen molar-refractivity contribution in [3.8, 4) is 0 Å². The SMILES string of the molecule is NCC1(C2CCSC2)CCC(O)CC1. The van der Waals surface area contributed by atoms with Crippen LogP contribution in [-0.2, 0) is 0 Å². The normalized spacial score (nSPS) is 44.1. The number of aliphatic hydroxyl groups excluding tert-OH is 1. The number of hydrogen-bond acceptors (Lipinski definition) is 3. The third kappa shape index (κ3) is 1.95. The third-order valence-electron chi connectivity index (χ3n) is 4.15. The van der Waals surface area contributed by atoms with Gasteiger partial charge < -0.3 is 10.8 Å². The van der Waals surface area contributed by atoms with Gasteiger partial charge in [-0.05, 0) is 61.5 Å². The van der Waals surface area contributed by atoms with Gasteiger partial charge in [-0.1, -0.05) is 0 Å². The Labute approximate surface area is 90.6 Å². The van der Waals surface area contributed by atoms with Crippen molar-refractivity contribution < 1.29 is 5.11 Å². The van der Waals surface area contributed by atoms with E-state index >= 15 is 0 Å². The second kappa shape index (κ2) is 4.42. The molecule has 2 rings (SSSR count). The molecule has 3 heteroatoms. The zero-order chi connectivity index (χ0) is 10.0. The quantitative estimate of drug-likeness (QED) is 0.736. The Morgan fingerprint density at radius 1 is 1.29 bits per heavy atom. The fourth-order valence-corrected chi connectivity index (χ4v) is 4.40. The van der Waals surface area contributed by atoms with E-state index in [4.69, 9.17) is 5.73 Å². The second-order valence-electron chi connectivity index (χ2n) is 4.86. The van der Waals surface area contributed by atoms with Crippen LogP contribution in [0.2, 0.25) is 0 Å². The molecule has 1 aliphatic heterocycles. The van der Waals surface area contributed by atoms with Gasteiger partial charge in [-0.3, -0.25) is 0 Å². The maximum absolute atomic E-state index is 9.53. The molecule has 0 amide bonds. The predicted molar refractivity (Wildman–Crippen MR) is 61.4 cm³/mol. The lowest BCUT2D eigenvalue weighted by Crippen LogP contribution is -2.42. The first kappa shape index (κ1) is 10.8. The van der Waals surface area contributed by atoms with Gasteiger partial charge in [0.1, 0.15) is 0 Å². The summed E-state index contributed by atoms with van der Waals surface area (Å²) >= 11 is 2.07. The van der Waals surface area contributed by atoms with Crippen molar-refractivity contribution in [1.82, 2.24) is 0 Å². The van der Waals surface area contributed by atoms with E-state index in [0.29, 0.717) is 5.41 Å². The summed E-state index contributed by atoms with van der Waals surface area (Å²) in [5.74, 6) is 3.44.